The molecule has 0 bridgehead atoms. The molecule has 3 aromatic heterocycles. The van der Waals surface area contributed by atoms with Crippen molar-refractivity contribution in [3.63, 3.8) is 0 Å². The molecule has 0 amide bonds. The van der Waals surface area contributed by atoms with Gasteiger partial charge in [-0.1, -0.05) is 48.5 Å². The number of pyridine rings is 1. The highest BCUT2D eigenvalue weighted by Crippen LogP contribution is 2.22. The van der Waals surface area contributed by atoms with Crippen molar-refractivity contribution >= 4 is 22.3 Å². The van der Waals surface area contributed by atoms with Crippen molar-refractivity contribution in [3.8, 4) is 0 Å². The van der Waals surface area contributed by atoms with Gasteiger partial charge in [-0.05, 0) is 28.8 Å². The fourth-order valence-electron chi connectivity index (χ4n) is 3.97. The summed E-state index contributed by atoms with van der Waals surface area (Å²) in [6.07, 6.45) is 4.20. The van der Waals surface area contributed by atoms with Gasteiger partial charge in [-0.25, -0.2) is 4.98 Å². The van der Waals surface area contributed by atoms with Gasteiger partial charge in [0.25, 0.3) is 0 Å². The average Bonchev–Trinajstić information content (AvgIpc) is 3.44. The number of hydrogen-bond acceptors (Lipinski definition) is 5. The Morgan fingerprint density at radius 3 is 2.66 bits per heavy atom. The Morgan fingerprint density at radius 2 is 1.84 bits per heavy atom. The van der Waals surface area contributed by atoms with E-state index < -0.39 is 12.7 Å². The second kappa shape index (κ2) is 8.37. The molecule has 0 spiro atoms. The summed E-state index contributed by atoms with van der Waals surface area (Å²) < 4.78 is 3.60. The molecule has 0 saturated carbocycles. The summed E-state index contributed by atoms with van der Waals surface area (Å²) >= 11 is 0. The van der Waals surface area contributed by atoms with Crippen molar-refractivity contribution in [2.45, 2.75) is 19.1 Å². The van der Waals surface area contributed by atoms with Gasteiger partial charge in [0, 0.05) is 18.0 Å². The number of carbonyl (C=O) groups excluding carboxylic acids is 1. The van der Waals surface area contributed by atoms with Crippen molar-refractivity contribution in [1.82, 2.24) is 19.2 Å². The molecule has 3 heterocycles. The quantitative estimate of drug-likeness (QED) is 0.390. The van der Waals surface area contributed by atoms with Crippen LogP contribution in [0.4, 0.5) is 0 Å². The zero-order valence-corrected chi connectivity index (χ0v) is 17.3. The van der Waals surface area contributed by atoms with Crippen molar-refractivity contribution < 1.29 is 15.0 Å². The van der Waals surface area contributed by atoms with Crippen LogP contribution < -0.4 is 0 Å². The Morgan fingerprint density at radius 1 is 1.00 bits per heavy atom. The number of fused-ring (bicyclic) bond motifs is 2. The third-order valence-corrected chi connectivity index (χ3v) is 5.68. The lowest BCUT2D eigenvalue weighted by atomic mass is 10.0. The van der Waals surface area contributed by atoms with Crippen molar-refractivity contribution in [3.05, 3.63) is 102 Å². The van der Waals surface area contributed by atoms with Crippen LogP contribution >= 0.6 is 0 Å². The first-order chi connectivity index (χ1) is 15.6. The minimum absolute atomic E-state index is 0.0866. The van der Waals surface area contributed by atoms with E-state index in [0.717, 1.165) is 22.0 Å². The summed E-state index contributed by atoms with van der Waals surface area (Å²) in [5.41, 5.74) is 4.60. The zero-order valence-electron chi connectivity index (χ0n) is 17.3. The number of carbonyl (C=O) groups is 1. The molecule has 0 radical (unpaired) electrons. The lowest BCUT2D eigenvalue weighted by Crippen LogP contribution is -2.09. The Kier molecular flexibility index (Phi) is 5.26. The van der Waals surface area contributed by atoms with Gasteiger partial charge in [-0.15, -0.1) is 0 Å². The van der Waals surface area contributed by atoms with Crippen LogP contribution in [0, 0.1) is 0 Å². The number of rotatable bonds is 7. The maximum atomic E-state index is 13.2. The van der Waals surface area contributed by atoms with E-state index in [2.05, 4.69) is 22.2 Å². The number of hydrogen-bond donors (Lipinski definition) is 2. The molecule has 2 N–H and O–H groups in total. The number of aromatic nitrogens is 4. The standard InChI is InChI=1S/C25H22N4O3/c30-16-24(32)19-9-10-25-26-13-22(28(25)15-19)23(31)11-18-7-4-8-21-20(18)12-27-29(21)14-17-5-2-1-3-6-17/h1-10,12-13,15,24,30,32H,11,14,16H2. The molecule has 2 aromatic carbocycles. The van der Waals surface area contributed by atoms with E-state index in [1.165, 1.54) is 0 Å². The number of ketones is 1. The van der Waals surface area contributed by atoms with Gasteiger partial charge in [0.1, 0.15) is 17.4 Å². The first kappa shape index (κ1) is 20.1. The lowest BCUT2D eigenvalue weighted by molar-refractivity contribution is 0.0950. The molecule has 0 aliphatic rings. The Labute approximate surface area is 184 Å². The van der Waals surface area contributed by atoms with Crippen LogP contribution in [0.15, 0.2) is 79.3 Å². The molecule has 160 valence electrons. The second-order valence-electron chi connectivity index (χ2n) is 7.77. The third-order valence-electron chi connectivity index (χ3n) is 5.68. The molecular weight excluding hydrogens is 404 g/mol. The van der Waals surface area contributed by atoms with Gasteiger partial charge in [-0.3, -0.25) is 13.9 Å². The van der Waals surface area contributed by atoms with E-state index in [4.69, 9.17) is 0 Å². The van der Waals surface area contributed by atoms with Crippen LogP contribution in [0.1, 0.15) is 33.3 Å². The molecular formula is C25H22N4O3. The van der Waals surface area contributed by atoms with Crippen LogP contribution in [0.2, 0.25) is 0 Å². The SMILES string of the molecule is O=C(Cc1cccc2c1cnn2Cc1ccccc1)c1cnc2ccc(C(O)CO)cn12. The molecule has 0 aliphatic carbocycles. The summed E-state index contributed by atoms with van der Waals surface area (Å²) in [5.74, 6) is -0.0866. The summed E-state index contributed by atoms with van der Waals surface area (Å²) in [7, 11) is 0. The smallest absolute Gasteiger partial charge is 0.185 e. The molecule has 7 nitrogen and oxygen atoms in total. The van der Waals surface area contributed by atoms with Crippen LogP contribution in [0.3, 0.4) is 0 Å². The number of imidazole rings is 1. The summed E-state index contributed by atoms with van der Waals surface area (Å²) in [6.45, 7) is 0.267. The molecule has 7 heteroatoms. The van der Waals surface area contributed by atoms with Crippen molar-refractivity contribution in [2.24, 2.45) is 0 Å². The van der Waals surface area contributed by atoms with Gasteiger partial charge in [0.05, 0.1) is 31.1 Å². The van der Waals surface area contributed by atoms with E-state index in [1.807, 2.05) is 47.3 Å². The van der Waals surface area contributed by atoms with Crippen molar-refractivity contribution in [1.29, 1.82) is 0 Å². The highest BCUT2D eigenvalue weighted by Gasteiger charge is 2.17. The Bertz CT molecular complexity index is 1410. The minimum Gasteiger partial charge on any atom is -0.393 e. The topological polar surface area (TPSA) is 92.7 Å². The maximum Gasteiger partial charge on any atom is 0.185 e. The summed E-state index contributed by atoms with van der Waals surface area (Å²) in [4.78, 5) is 17.5. The first-order valence-electron chi connectivity index (χ1n) is 10.4. The van der Waals surface area contributed by atoms with E-state index in [-0.39, 0.29) is 12.2 Å². The minimum atomic E-state index is -1.01. The largest absolute Gasteiger partial charge is 0.393 e. The number of Topliss-reactive ketones (excluding diaryl/α,β-unsaturated/α-hetero) is 1. The van der Waals surface area contributed by atoms with Crippen LogP contribution in [0.25, 0.3) is 16.6 Å². The van der Waals surface area contributed by atoms with Gasteiger partial charge < -0.3 is 10.2 Å². The van der Waals surface area contributed by atoms with Crippen LogP contribution in [-0.2, 0) is 13.0 Å². The van der Waals surface area contributed by atoms with Gasteiger partial charge in [0.15, 0.2) is 5.78 Å². The molecule has 32 heavy (non-hydrogen) atoms. The fourth-order valence-corrected chi connectivity index (χ4v) is 3.97. The fraction of sp³-hybridized carbons (Fsp3) is 0.160. The third kappa shape index (κ3) is 3.68. The molecule has 1 unspecified atom stereocenters. The van der Waals surface area contributed by atoms with Gasteiger partial charge in [-0.2, -0.15) is 5.10 Å². The molecule has 0 saturated heterocycles. The predicted octanol–water partition coefficient (Wildman–Crippen LogP) is 3.18. The predicted molar refractivity (Wildman–Crippen MR) is 121 cm³/mol. The van der Waals surface area contributed by atoms with E-state index in [1.54, 1.807) is 28.9 Å². The first-order valence-corrected chi connectivity index (χ1v) is 10.4. The second-order valence-corrected chi connectivity index (χ2v) is 7.77. The molecule has 5 rings (SSSR count). The Hall–Kier alpha value is -3.81. The molecule has 5 aromatic rings. The Balaban J connectivity index is 1.45. The average molecular weight is 426 g/mol. The number of aliphatic hydroxyl groups is 2. The van der Waals surface area contributed by atoms with E-state index in [0.29, 0.717) is 23.4 Å². The van der Waals surface area contributed by atoms with Gasteiger partial charge >= 0.3 is 0 Å². The molecule has 0 fully saturated rings. The highest BCUT2D eigenvalue weighted by atomic mass is 16.3. The number of benzene rings is 2. The van der Waals surface area contributed by atoms with Crippen molar-refractivity contribution in [2.75, 3.05) is 6.61 Å². The summed E-state index contributed by atoms with van der Waals surface area (Å²) in [5, 5.41) is 24.7. The molecule has 1 atom stereocenters. The zero-order chi connectivity index (χ0) is 22.1. The number of aliphatic hydroxyl groups excluding tert-OH is 2. The summed E-state index contributed by atoms with van der Waals surface area (Å²) in [6, 6.07) is 19.4. The van der Waals surface area contributed by atoms with Crippen LogP contribution in [-0.4, -0.2) is 41.8 Å². The van der Waals surface area contributed by atoms with E-state index in [9.17, 15) is 15.0 Å². The molecule has 0 aliphatic heterocycles. The normalized spacial score (nSPS) is 12.4. The van der Waals surface area contributed by atoms with Crippen LogP contribution in [0.5, 0.6) is 0 Å². The monoisotopic (exact) mass is 426 g/mol. The lowest BCUT2D eigenvalue weighted by Gasteiger charge is -2.09. The van der Waals surface area contributed by atoms with Gasteiger partial charge in [0.2, 0.25) is 0 Å². The highest BCUT2D eigenvalue weighted by molar-refractivity contribution is 5.99. The maximum absolute atomic E-state index is 13.2. The number of nitrogens with zero attached hydrogens (tertiary/aromatic N) is 4. The van der Waals surface area contributed by atoms with E-state index >= 15 is 0 Å².